The fourth-order valence-electron chi connectivity index (χ4n) is 2.56. The van der Waals surface area contributed by atoms with Crippen molar-refractivity contribution in [3.8, 4) is 20.9 Å². The maximum Gasteiger partial charge on any atom is 0.115 e. The molecule has 4 aromatic heterocycles. The second-order valence-corrected chi connectivity index (χ2v) is 8.30. The summed E-state index contributed by atoms with van der Waals surface area (Å²) in [5.41, 5.74) is 2.55. The van der Waals surface area contributed by atoms with Crippen molar-refractivity contribution < 1.29 is 0 Å². The molecule has 168 valence electrons. The average molecular weight is 482 g/mol. The van der Waals surface area contributed by atoms with Crippen LogP contribution in [0, 0.1) is 0 Å². The molecule has 5 nitrogen and oxygen atoms in total. The summed E-state index contributed by atoms with van der Waals surface area (Å²) >= 11 is 3.58. The van der Waals surface area contributed by atoms with Crippen molar-refractivity contribution in [3.05, 3.63) is 139 Å². The predicted molar refractivity (Wildman–Crippen MR) is 141 cm³/mol. The Balaban J connectivity index is 0.000000133. The number of benzene rings is 2. The van der Waals surface area contributed by atoms with Gasteiger partial charge in [0.1, 0.15) is 6.33 Å². The van der Waals surface area contributed by atoms with E-state index in [4.69, 9.17) is 0 Å². The molecule has 0 saturated carbocycles. The van der Waals surface area contributed by atoms with E-state index in [9.17, 15) is 0 Å². The van der Waals surface area contributed by atoms with Crippen LogP contribution < -0.4 is 0 Å². The third-order valence-electron chi connectivity index (χ3n) is 4.05. The molecule has 0 N–H and O–H groups in total. The Morgan fingerprint density at radius 3 is 1.18 bits per heavy atom. The quantitative estimate of drug-likeness (QED) is 0.262. The number of thiophene rings is 2. The Labute approximate surface area is 207 Å². The molecular formula is C27H23N5S2. The average Bonchev–Trinajstić information content (AvgIpc) is 3.68. The van der Waals surface area contributed by atoms with E-state index in [0.29, 0.717) is 0 Å². The molecule has 0 aliphatic carbocycles. The zero-order chi connectivity index (χ0) is 23.5. The van der Waals surface area contributed by atoms with Crippen LogP contribution in [-0.4, -0.2) is 25.4 Å². The van der Waals surface area contributed by atoms with Crippen LogP contribution >= 0.6 is 22.7 Å². The lowest BCUT2D eigenvalue weighted by atomic mass is 10.1. The second kappa shape index (κ2) is 15.7. The van der Waals surface area contributed by atoms with Gasteiger partial charge < -0.3 is 0 Å². The Bertz CT molecular complexity index is 1060. The largest absolute Gasteiger partial charge is 0.245 e. The lowest BCUT2D eigenvalue weighted by Gasteiger charge is -1.98. The van der Waals surface area contributed by atoms with Crippen molar-refractivity contribution in [1.29, 1.82) is 0 Å². The zero-order valence-corrected chi connectivity index (χ0v) is 20.0. The standard InChI is InChI=1S/C12H10.C8H6S2.C4H4N2.C3H3N3/c1-3-7-11(8-4-1)12-9-5-2-6-10-12;1-3-7(9-5-1)8-4-2-6-10-8;1-2-5-4-6-3-1;1-2-4-6-5-3-1/h1-10H;1-6H;1-4H;1-3H. The molecule has 0 aliphatic heterocycles. The second-order valence-electron chi connectivity index (χ2n) is 6.40. The van der Waals surface area contributed by atoms with E-state index in [-0.39, 0.29) is 0 Å². The van der Waals surface area contributed by atoms with Crippen molar-refractivity contribution in [2.24, 2.45) is 0 Å². The van der Waals surface area contributed by atoms with Crippen LogP contribution in [0.25, 0.3) is 20.9 Å². The van der Waals surface area contributed by atoms with Gasteiger partial charge in [-0.2, -0.15) is 0 Å². The Hall–Kier alpha value is -4.07. The molecule has 0 radical (unpaired) electrons. The van der Waals surface area contributed by atoms with Gasteiger partial charge in [0, 0.05) is 22.1 Å². The van der Waals surface area contributed by atoms with Gasteiger partial charge in [0.15, 0.2) is 0 Å². The normalized spacial score (nSPS) is 9.18. The van der Waals surface area contributed by atoms with Gasteiger partial charge in [-0.1, -0.05) is 72.8 Å². The molecule has 0 aliphatic rings. The summed E-state index contributed by atoms with van der Waals surface area (Å²) in [5.74, 6) is 0. The molecule has 34 heavy (non-hydrogen) atoms. The van der Waals surface area contributed by atoms with E-state index in [1.165, 1.54) is 27.2 Å². The first-order valence-electron chi connectivity index (χ1n) is 10.4. The van der Waals surface area contributed by atoms with Gasteiger partial charge in [0.05, 0.1) is 12.4 Å². The molecule has 6 rings (SSSR count). The van der Waals surface area contributed by atoms with E-state index in [0.717, 1.165) is 0 Å². The van der Waals surface area contributed by atoms with Crippen LogP contribution in [0.2, 0.25) is 0 Å². The highest BCUT2D eigenvalue weighted by Gasteiger charge is 1.96. The van der Waals surface area contributed by atoms with Crippen LogP contribution in [0.1, 0.15) is 0 Å². The highest BCUT2D eigenvalue weighted by Crippen LogP contribution is 2.28. The van der Waals surface area contributed by atoms with Gasteiger partial charge in [-0.3, -0.25) is 0 Å². The topological polar surface area (TPSA) is 64.5 Å². The monoisotopic (exact) mass is 481 g/mol. The van der Waals surface area contributed by atoms with Crippen molar-refractivity contribution in [1.82, 2.24) is 25.4 Å². The Morgan fingerprint density at radius 1 is 0.441 bits per heavy atom. The first-order valence-corrected chi connectivity index (χ1v) is 12.2. The predicted octanol–water partition coefficient (Wildman–Crippen LogP) is 7.18. The molecule has 0 fully saturated rings. The summed E-state index contributed by atoms with van der Waals surface area (Å²) in [6.45, 7) is 0. The maximum atomic E-state index is 3.67. The van der Waals surface area contributed by atoms with Crippen LogP contribution in [0.15, 0.2) is 139 Å². The summed E-state index contributed by atoms with van der Waals surface area (Å²) in [4.78, 5) is 10.1. The van der Waals surface area contributed by atoms with Gasteiger partial charge in [-0.15, -0.1) is 32.9 Å². The number of aromatic nitrogens is 5. The molecule has 0 atom stereocenters. The third-order valence-corrected chi connectivity index (χ3v) is 5.99. The fourth-order valence-corrected chi connectivity index (χ4v) is 4.14. The van der Waals surface area contributed by atoms with Crippen molar-refractivity contribution >= 4 is 22.7 Å². The van der Waals surface area contributed by atoms with Crippen LogP contribution in [-0.2, 0) is 0 Å². The van der Waals surface area contributed by atoms with Gasteiger partial charge in [-0.25, -0.2) is 9.97 Å². The minimum absolute atomic E-state index is 1.28. The van der Waals surface area contributed by atoms with Gasteiger partial charge in [0.2, 0.25) is 0 Å². The summed E-state index contributed by atoms with van der Waals surface area (Å²) in [6, 6.07) is 32.7. The lowest BCUT2D eigenvalue weighted by Crippen LogP contribution is -1.78. The van der Waals surface area contributed by atoms with Gasteiger partial charge in [0.25, 0.3) is 0 Å². The Morgan fingerprint density at radius 2 is 0.912 bits per heavy atom. The SMILES string of the molecule is c1ccc(-c2ccccc2)cc1.c1cncnc1.c1cnnnc1.c1csc(-c2cccs2)c1. The van der Waals surface area contributed by atoms with Crippen LogP contribution in [0.5, 0.6) is 0 Å². The highest BCUT2D eigenvalue weighted by molar-refractivity contribution is 7.20. The summed E-state index contributed by atoms with van der Waals surface area (Å²) in [5, 5.41) is 14.3. The number of rotatable bonds is 2. The van der Waals surface area contributed by atoms with Crippen LogP contribution in [0.3, 0.4) is 0 Å². The lowest BCUT2D eigenvalue weighted by molar-refractivity contribution is 0.865. The first-order chi connectivity index (χ1) is 16.9. The molecule has 0 unspecified atom stereocenters. The zero-order valence-electron chi connectivity index (χ0n) is 18.3. The summed E-state index contributed by atoms with van der Waals surface area (Å²) in [7, 11) is 0. The minimum atomic E-state index is 1.28. The van der Waals surface area contributed by atoms with E-state index < -0.39 is 0 Å². The molecule has 0 saturated heterocycles. The molecular weight excluding hydrogens is 458 g/mol. The van der Waals surface area contributed by atoms with Crippen molar-refractivity contribution in [3.63, 3.8) is 0 Å². The maximum absolute atomic E-state index is 3.67. The molecule has 4 heterocycles. The molecule has 0 bridgehead atoms. The highest BCUT2D eigenvalue weighted by atomic mass is 32.1. The molecule has 0 spiro atoms. The summed E-state index contributed by atoms with van der Waals surface area (Å²) in [6.07, 6.45) is 8.03. The van der Waals surface area contributed by atoms with Crippen molar-refractivity contribution in [2.45, 2.75) is 0 Å². The van der Waals surface area contributed by atoms with E-state index >= 15 is 0 Å². The number of hydrogen-bond acceptors (Lipinski definition) is 7. The van der Waals surface area contributed by atoms with Crippen LogP contribution in [0.4, 0.5) is 0 Å². The van der Waals surface area contributed by atoms with Gasteiger partial charge >= 0.3 is 0 Å². The van der Waals surface area contributed by atoms with E-state index in [1.807, 2.05) is 12.1 Å². The van der Waals surface area contributed by atoms with E-state index in [2.05, 4.69) is 109 Å². The van der Waals surface area contributed by atoms with Gasteiger partial charge in [-0.05, 0) is 51.4 Å². The molecule has 2 aromatic carbocycles. The molecule has 7 heteroatoms. The minimum Gasteiger partial charge on any atom is -0.245 e. The molecule has 0 amide bonds. The smallest absolute Gasteiger partial charge is 0.115 e. The number of hydrogen-bond donors (Lipinski definition) is 0. The number of nitrogens with zero attached hydrogens (tertiary/aromatic N) is 5. The van der Waals surface area contributed by atoms with E-state index in [1.54, 1.807) is 59.6 Å². The fraction of sp³-hybridized carbons (Fsp3) is 0. The summed E-state index contributed by atoms with van der Waals surface area (Å²) < 4.78 is 0. The molecule has 6 aromatic rings. The third kappa shape index (κ3) is 9.60. The van der Waals surface area contributed by atoms with Crippen molar-refractivity contribution in [2.75, 3.05) is 0 Å². The first kappa shape index (κ1) is 24.6. The Kier molecular flexibility index (Phi) is 11.3.